The molecule has 2 heterocycles. The van der Waals surface area contributed by atoms with Crippen LogP contribution in [0.15, 0.2) is 110 Å². The molecular formula is C32H24N2. The topological polar surface area (TPSA) is 25.8 Å². The van der Waals surface area contributed by atoms with Gasteiger partial charge in [-0.15, -0.1) is 0 Å². The van der Waals surface area contributed by atoms with Crippen LogP contribution in [0.2, 0.25) is 0 Å². The zero-order chi connectivity index (χ0) is 22.5. The van der Waals surface area contributed by atoms with E-state index in [-0.39, 0.29) is 5.92 Å². The molecule has 4 aromatic carbocycles. The number of fused-ring (bicyclic) bond motifs is 6. The molecule has 0 aliphatic heterocycles. The van der Waals surface area contributed by atoms with Crippen LogP contribution >= 0.6 is 0 Å². The van der Waals surface area contributed by atoms with Crippen LogP contribution in [0.5, 0.6) is 0 Å². The van der Waals surface area contributed by atoms with Gasteiger partial charge in [-0.3, -0.25) is 9.97 Å². The minimum absolute atomic E-state index is 0.251. The lowest BCUT2D eigenvalue weighted by atomic mass is 9.69. The third-order valence-electron chi connectivity index (χ3n) is 7.64. The van der Waals surface area contributed by atoms with E-state index >= 15 is 0 Å². The van der Waals surface area contributed by atoms with E-state index in [1.54, 1.807) is 0 Å². The molecule has 0 spiro atoms. The number of aryl methyl sites for hydroxylation is 1. The van der Waals surface area contributed by atoms with E-state index in [0.29, 0.717) is 5.92 Å². The van der Waals surface area contributed by atoms with Crippen LogP contribution in [-0.2, 0) is 6.42 Å². The van der Waals surface area contributed by atoms with Crippen molar-refractivity contribution >= 4 is 32.3 Å². The Morgan fingerprint density at radius 3 is 2.18 bits per heavy atom. The maximum absolute atomic E-state index is 4.97. The summed E-state index contributed by atoms with van der Waals surface area (Å²) in [7, 11) is 0. The summed E-state index contributed by atoms with van der Waals surface area (Å²) in [6.07, 6.45) is 7.95. The van der Waals surface area contributed by atoms with Crippen molar-refractivity contribution < 1.29 is 0 Å². The zero-order valence-corrected chi connectivity index (χ0v) is 18.9. The molecule has 0 radical (unpaired) electrons. The number of hydrogen-bond donors (Lipinski definition) is 0. The second kappa shape index (κ2) is 7.78. The summed E-state index contributed by atoms with van der Waals surface area (Å²) in [5.41, 5.74) is 5.45. The molecule has 0 N–H and O–H groups in total. The van der Waals surface area contributed by atoms with Gasteiger partial charge in [-0.1, -0.05) is 72.8 Å². The number of aromatic nitrogens is 2. The fourth-order valence-electron chi connectivity index (χ4n) is 6.14. The van der Waals surface area contributed by atoms with Gasteiger partial charge in [0.25, 0.3) is 0 Å². The normalized spacial score (nSPS) is 17.8. The lowest BCUT2D eigenvalue weighted by molar-refractivity contribution is 0.518. The van der Waals surface area contributed by atoms with E-state index in [2.05, 4.69) is 96.0 Å². The van der Waals surface area contributed by atoms with Crippen molar-refractivity contribution in [3.8, 4) is 0 Å². The number of pyridine rings is 2. The molecule has 2 heteroatoms. The Labute approximate surface area is 198 Å². The highest BCUT2D eigenvalue weighted by Crippen LogP contribution is 2.49. The molecule has 34 heavy (non-hydrogen) atoms. The van der Waals surface area contributed by atoms with E-state index in [0.717, 1.165) is 12.8 Å². The highest BCUT2D eigenvalue weighted by atomic mass is 14.7. The number of benzene rings is 4. The van der Waals surface area contributed by atoms with Gasteiger partial charge in [0.05, 0.1) is 5.69 Å². The first kappa shape index (κ1) is 19.4. The molecule has 162 valence electrons. The monoisotopic (exact) mass is 436 g/mol. The van der Waals surface area contributed by atoms with Gasteiger partial charge in [-0.25, -0.2) is 0 Å². The van der Waals surface area contributed by atoms with Gasteiger partial charge in [0.1, 0.15) is 0 Å². The molecule has 6 aromatic rings. The number of rotatable bonds is 2. The van der Waals surface area contributed by atoms with E-state index in [4.69, 9.17) is 4.98 Å². The summed E-state index contributed by atoms with van der Waals surface area (Å²) in [5.74, 6) is 0.569. The number of hydrogen-bond acceptors (Lipinski definition) is 2. The Kier molecular flexibility index (Phi) is 4.44. The van der Waals surface area contributed by atoms with Crippen LogP contribution in [0, 0.1) is 0 Å². The van der Waals surface area contributed by atoms with Crippen LogP contribution in [0.25, 0.3) is 32.3 Å². The predicted octanol–water partition coefficient (Wildman–Crippen LogP) is 7.80. The maximum atomic E-state index is 4.97. The third kappa shape index (κ3) is 2.95. The number of nitrogens with zero attached hydrogens (tertiary/aromatic N) is 2. The lowest BCUT2D eigenvalue weighted by Gasteiger charge is -2.35. The van der Waals surface area contributed by atoms with Crippen molar-refractivity contribution in [1.29, 1.82) is 0 Å². The molecule has 2 nitrogen and oxygen atoms in total. The molecule has 1 aliphatic carbocycles. The summed E-state index contributed by atoms with van der Waals surface area (Å²) < 4.78 is 0. The van der Waals surface area contributed by atoms with Gasteiger partial charge in [-0.2, -0.15) is 0 Å². The van der Waals surface area contributed by atoms with Crippen molar-refractivity contribution in [2.24, 2.45) is 0 Å². The van der Waals surface area contributed by atoms with Gasteiger partial charge < -0.3 is 0 Å². The Morgan fingerprint density at radius 1 is 0.588 bits per heavy atom. The van der Waals surface area contributed by atoms with E-state index in [9.17, 15) is 0 Å². The highest BCUT2D eigenvalue weighted by molar-refractivity contribution is 6.08. The predicted molar refractivity (Wildman–Crippen MR) is 140 cm³/mol. The van der Waals surface area contributed by atoms with E-state index in [1.165, 1.54) is 54.7 Å². The van der Waals surface area contributed by atoms with Gasteiger partial charge in [0.2, 0.25) is 0 Å². The molecule has 2 unspecified atom stereocenters. The van der Waals surface area contributed by atoms with Gasteiger partial charge in [-0.05, 0) is 74.7 Å². The molecule has 0 bridgehead atoms. The second-order valence-corrected chi connectivity index (χ2v) is 9.34. The first-order chi connectivity index (χ1) is 16.9. The summed E-state index contributed by atoms with van der Waals surface area (Å²) in [4.78, 5) is 9.28. The molecule has 0 saturated carbocycles. The van der Waals surface area contributed by atoms with Crippen molar-refractivity contribution in [2.45, 2.75) is 24.7 Å². The molecule has 7 rings (SSSR count). The molecule has 0 fully saturated rings. The van der Waals surface area contributed by atoms with Crippen molar-refractivity contribution in [3.63, 3.8) is 0 Å². The molecular weight excluding hydrogens is 412 g/mol. The largest absolute Gasteiger partial charge is 0.265 e. The fraction of sp³-hybridized carbons (Fsp3) is 0.125. The molecule has 0 amide bonds. The van der Waals surface area contributed by atoms with Crippen molar-refractivity contribution in [1.82, 2.24) is 9.97 Å². The van der Waals surface area contributed by atoms with E-state index < -0.39 is 0 Å². The minimum Gasteiger partial charge on any atom is -0.265 e. The summed E-state index contributed by atoms with van der Waals surface area (Å²) in [5, 5.41) is 7.91. The minimum atomic E-state index is 0.251. The standard InChI is InChI=1S/C32H24N2/c1-3-7-24-21(5-1)9-10-27-26(24)11-13-29-28(27)12-14-30(31(29)23-15-18-33-19-16-23)32-25-8-4-2-6-22(25)17-20-34-32/h1-11,13,15-20,30-31H,12,14H2. The average Bonchev–Trinajstić information content (AvgIpc) is 2.92. The summed E-state index contributed by atoms with van der Waals surface area (Å²) in [6.45, 7) is 0. The SMILES string of the molecule is c1ccc2c(C3CCc4c(ccc5c4ccc4ccccc45)C3c3ccncc3)nccc2c1. The molecule has 0 saturated heterocycles. The zero-order valence-electron chi connectivity index (χ0n) is 18.9. The third-order valence-corrected chi connectivity index (χ3v) is 7.64. The Hall–Kier alpha value is -4.04. The Bertz CT molecular complexity index is 1660. The molecule has 1 aliphatic rings. The second-order valence-electron chi connectivity index (χ2n) is 9.34. The molecule has 2 aromatic heterocycles. The van der Waals surface area contributed by atoms with E-state index in [1.807, 2.05) is 18.6 Å². The van der Waals surface area contributed by atoms with Gasteiger partial charge in [0.15, 0.2) is 0 Å². The maximum Gasteiger partial charge on any atom is 0.0522 e. The lowest BCUT2D eigenvalue weighted by Crippen LogP contribution is -2.22. The van der Waals surface area contributed by atoms with Gasteiger partial charge in [0, 0.05) is 35.8 Å². The highest BCUT2D eigenvalue weighted by Gasteiger charge is 2.34. The molecule has 2 atom stereocenters. The van der Waals surface area contributed by atoms with Crippen LogP contribution in [0.1, 0.15) is 40.6 Å². The smallest absolute Gasteiger partial charge is 0.0522 e. The van der Waals surface area contributed by atoms with Crippen LogP contribution in [0.3, 0.4) is 0 Å². The summed E-state index contributed by atoms with van der Waals surface area (Å²) >= 11 is 0. The quantitative estimate of drug-likeness (QED) is 0.259. The van der Waals surface area contributed by atoms with Crippen molar-refractivity contribution in [2.75, 3.05) is 0 Å². The van der Waals surface area contributed by atoms with Crippen LogP contribution < -0.4 is 0 Å². The van der Waals surface area contributed by atoms with Crippen molar-refractivity contribution in [3.05, 3.63) is 132 Å². The average molecular weight is 437 g/mol. The van der Waals surface area contributed by atoms with Gasteiger partial charge >= 0.3 is 0 Å². The van der Waals surface area contributed by atoms with Crippen LogP contribution in [0.4, 0.5) is 0 Å². The van der Waals surface area contributed by atoms with Crippen LogP contribution in [-0.4, -0.2) is 9.97 Å². The first-order valence-electron chi connectivity index (χ1n) is 12.1. The first-order valence-corrected chi connectivity index (χ1v) is 12.1. The summed E-state index contributed by atoms with van der Waals surface area (Å²) in [6, 6.07) is 33.2. The fourth-order valence-corrected chi connectivity index (χ4v) is 6.14. The Morgan fingerprint density at radius 2 is 1.32 bits per heavy atom. The Balaban J connectivity index is 1.48.